The van der Waals surface area contributed by atoms with Crippen LogP contribution in [0.5, 0.6) is 11.5 Å². The molecule has 2 rings (SSSR count). The molecule has 2 aromatic carbocycles. The fourth-order valence-electron chi connectivity index (χ4n) is 1.95. The monoisotopic (exact) mass is 287 g/mol. The fraction of sp³-hybridized carbons (Fsp3) is 0.294. The largest absolute Gasteiger partial charge is 0.491 e. The van der Waals surface area contributed by atoms with Crippen LogP contribution >= 0.6 is 0 Å². The third kappa shape index (κ3) is 4.68. The Kier molecular flexibility index (Phi) is 5.06. The number of aliphatic hydroxyl groups excluding tert-OH is 1. The molecule has 0 saturated carbocycles. The molecular formula is C17H21NO3. The second-order valence-corrected chi connectivity index (χ2v) is 5.11. The van der Waals surface area contributed by atoms with Crippen LogP contribution in [0, 0.1) is 13.8 Å². The van der Waals surface area contributed by atoms with Crippen molar-refractivity contribution < 1.29 is 14.6 Å². The zero-order valence-corrected chi connectivity index (χ0v) is 12.4. The lowest BCUT2D eigenvalue weighted by Gasteiger charge is -2.15. The van der Waals surface area contributed by atoms with Gasteiger partial charge in [0.15, 0.2) is 0 Å². The summed E-state index contributed by atoms with van der Waals surface area (Å²) in [7, 11) is 0. The first-order valence-electron chi connectivity index (χ1n) is 6.91. The van der Waals surface area contributed by atoms with Gasteiger partial charge in [-0.25, -0.2) is 0 Å². The fourth-order valence-corrected chi connectivity index (χ4v) is 1.95. The molecule has 21 heavy (non-hydrogen) atoms. The van der Waals surface area contributed by atoms with Gasteiger partial charge in [0.25, 0.3) is 0 Å². The predicted molar refractivity (Wildman–Crippen MR) is 83.8 cm³/mol. The topological polar surface area (TPSA) is 64.7 Å². The van der Waals surface area contributed by atoms with E-state index in [2.05, 4.69) is 0 Å². The molecule has 4 nitrogen and oxygen atoms in total. The number of nitrogen functional groups attached to an aromatic ring is 1. The number of aliphatic hydroxyl groups is 1. The summed E-state index contributed by atoms with van der Waals surface area (Å²) in [5.41, 5.74) is 8.52. The Morgan fingerprint density at radius 3 is 2.33 bits per heavy atom. The number of hydrogen-bond donors (Lipinski definition) is 2. The number of anilines is 1. The lowest BCUT2D eigenvalue weighted by Crippen LogP contribution is -2.25. The molecule has 112 valence electrons. The van der Waals surface area contributed by atoms with Crippen molar-refractivity contribution in [1.82, 2.24) is 0 Å². The first kappa shape index (κ1) is 15.2. The molecule has 0 aliphatic heterocycles. The van der Waals surface area contributed by atoms with E-state index in [1.807, 2.05) is 32.0 Å². The molecule has 0 aromatic heterocycles. The van der Waals surface area contributed by atoms with Gasteiger partial charge >= 0.3 is 0 Å². The Morgan fingerprint density at radius 1 is 1.00 bits per heavy atom. The summed E-state index contributed by atoms with van der Waals surface area (Å²) in [6.45, 7) is 4.39. The van der Waals surface area contributed by atoms with E-state index < -0.39 is 6.10 Å². The normalized spacial score (nSPS) is 12.0. The molecule has 0 spiro atoms. The second kappa shape index (κ2) is 6.99. The highest BCUT2D eigenvalue weighted by molar-refractivity contribution is 5.41. The maximum atomic E-state index is 9.90. The maximum absolute atomic E-state index is 9.90. The van der Waals surface area contributed by atoms with E-state index in [1.165, 1.54) is 5.56 Å². The van der Waals surface area contributed by atoms with Crippen molar-refractivity contribution >= 4 is 5.69 Å². The van der Waals surface area contributed by atoms with Crippen LogP contribution in [0.25, 0.3) is 0 Å². The van der Waals surface area contributed by atoms with Crippen LogP contribution in [0.1, 0.15) is 11.1 Å². The summed E-state index contributed by atoms with van der Waals surface area (Å²) in [5, 5.41) is 9.90. The number of nitrogens with two attached hydrogens (primary N) is 1. The first-order valence-corrected chi connectivity index (χ1v) is 6.91. The molecule has 1 atom stereocenters. The van der Waals surface area contributed by atoms with Gasteiger partial charge in [0.05, 0.1) is 0 Å². The van der Waals surface area contributed by atoms with Gasteiger partial charge in [-0.1, -0.05) is 17.7 Å². The Labute approximate surface area is 125 Å². The third-order valence-corrected chi connectivity index (χ3v) is 3.08. The van der Waals surface area contributed by atoms with E-state index in [-0.39, 0.29) is 13.2 Å². The Bertz CT molecular complexity index is 581. The number of rotatable bonds is 6. The van der Waals surface area contributed by atoms with Crippen LogP contribution in [0.4, 0.5) is 5.69 Å². The van der Waals surface area contributed by atoms with Crippen molar-refractivity contribution in [2.45, 2.75) is 20.0 Å². The molecule has 4 heteroatoms. The molecule has 0 bridgehead atoms. The minimum absolute atomic E-state index is 0.175. The van der Waals surface area contributed by atoms with Gasteiger partial charge in [-0.05, 0) is 49.7 Å². The highest BCUT2D eigenvalue weighted by Crippen LogP contribution is 2.19. The summed E-state index contributed by atoms with van der Waals surface area (Å²) in [6.07, 6.45) is -0.691. The molecule has 0 radical (unpaired) electrons. The van der Waals surface area contributed by atoms with Crippen molar-refractivity contribution in [2.24, 2.45) is 0 Å². The van der Waals surface area contributed by atoms with Crippen LogP contribution in [-0.2, 0) is 0 Å². The minimum Gasteiger partial charge on any atom is -0.491 e. The van der Waals surface area contributed by atoms with Crippen molar-refractivity contribution in [3.63, 3.8) is 0 Å². The lowest BCUT2D eigenvalue weighted by atomic mass is 10.1. The molecule has 0 saturated heterocycles. The summed E-state index contributed by atoms with van der Waals surface area (Å²) < 4.78 is 11.1. The number of ether oxygens (including phenoxy) is 2. The summed E-state index contributed by atoms with van der Waals surface area (Å²) in [6, 6.07) is 13.0. The van der Waals surface area contributed by atoms with Gasteiger partial charge in [0.1, 0.15) is 30.8 Å². The number of hydrogen-bond acceptors (Lipinski definition) is 4. The second-order valence-electron chi connectivity index (χ2n) is 5.11. The van der Waals surface area contributed by atoms with Gasteiger partial charge in [0.2, 0.25) is 0 Å². The Morgan fingerprint density at radius 2 is 1.67 bits per heavy atom. The van der Waals surface area contributed by atoms with E-state index in [9.17, 15) is 5.11 Å². The first-order chi connectivity index (χ1) is 10.0. The molecule has 0 amide bonds. The SMILES string of the molecule is Cc1ccc(OCC(O)COc2ccc(N)cc2)c(C)c1. The predicted octanol–water partition coefficient (Wildman–Crippen LogP) is 2.70. The molecule has 0 fully saturated rings. The molecule has 3 N–H and O–H groups in total. The van der Waals surface area contributed by atoms with E-state index in [0.29, 0.717) is 11.4 Å². The van der Waals surface area contributed by atoms with Crippen LogP contribution in [0.15, 0.2) is 42.5 Å². The van der Waals surface area contributed by atoms with Crippen LogP contribution in [0.3, 0.4) is 0 Å². The standard InChI is InChI=1S/C17H21NO3/c1-12-3-8-17(13(2)9-12)21-11-15(19)10-20-16-6-4-14(18)5-7-16/h3-9,15,19H,10-11,18H2,1-2H3. The summed E-state index contributed by atoms with van der Waals surface area (Å²) in [4.78, 5) is 0. The molecule has 2 aromatic rings. The van der Waals surface area contributed by atoms with Gasteiger partial charge in [-0.3, -0.25) is 0 Å². The lowest BCUT2D eigenvalue weighted by molar-refractivity contribution is 0.0624. The van der Waals surface area contributed by atoms with E-state index >= 15 is 0 Å². The number of aryl methyl sites for hydroxylation is 2. The van der Waals surface area contributed by atoms with Crippen molar-refractivity contribution in [3.8, 4) is 11.5 Å². The molecular weight excluding hydrogens is 266 g/mol. The third-order valence-electron chi connectivity index (χ3n) is 3.08. The van der Waals surface area contributed by atoms with Gasteiger partial charge in [-0.2, -0.15) is 0 Å². The zero-order valence-electron chi connectivity index (χ0n) is 12.4. The maximum Gasteiger partial charge on any atom is 0.122 e. The Hall–Kier alpha value is -2.20. The van der Waals surface area contributed by atoms with E-state index in [4.69, 9.17) is 15.2 Å². The smallest absolute Gasteiger partial charge is 0.122 e. The molecule has 1 unspecified atom stereocenters. The quantitative estimate of drug-likeness (QED) is 0.802. The summed E-state index contributed by atoms with van der Waals surface area (Å²) in [5.74, 6) is 1.46. The summed E-state index contributed by atoms with van der Waals surface area (Å²) >= 11 is 0. The van der Waals surface area contributed by atoms with Gasteiger partial charge in [0, 0.05) is 5.69 Å². The highest BCUT2D eigenvalue weighted by atomic mass is 16.5. The van der Waals surface area contributed by atoms with Crippen molar-refractivity contribution in [3.05, 3.63) is 53.6 Å². The molecule has 0 heterocycles. The highest BCUT2D eigenvalue weighted by Gasteiger charge is 2.08. The average Bonchev–Trinajstić information content (AvgIpc) is 2.46. The van der Waals surface area contributed by atoms with Gasteiger partial charge < -0.3 is 20.3 Å². The average molecular weight is 287 g/mol. The van der Waals surface area contributed by atoms with Crippen LogP contribution in [-0.4, -0.2) is 24.4 Å². The van der Waals surface area contributed by atoms with Crippen LogP contribution < -0.4 is 15.2 Å². The van der Waals surface area contributed by atoms with Crippen LogP contribution in [0.2, 0.25) is 0 Å². The van der Waals surface area contributed by atoms with E-state index in [0.717, 1.165) is 11.3 Å². The number of benzene rings is 2. The van der Waals surface area contributed by atoms with Gasteiger partial charge in [-0.15, -0.1) is 0 Å². The Balaban J connectivity index is 1.79. The molecule has 0 aliphatic rings. The van der Waals surface area contributed by atoms with E-state index in [1.54, 1.807) is 24.3 Å². The minimum atomic E-state index is -0.691. The van der Waals surface area contributed by atoms with Crippen molar-refractivity contribution in [1.29, 1.82) is 0 Å². The van der Waals surface area contributed by atoms with Crippen molar-refractivity contribution in [2.75, 3.05) is 18.9 Å². The molecule has 0 aliphatic carbocycles. The zero-order chi connectivity index (χ0) is 15.2.